The van der Waals surface area contributed by atoms with E-state index in [-0.39, 0.29) is 28.4 Å². The van der Waals surface area contributed by atoms with Crippen LogP contribution in [-0.4, -0.2) is 6.71 Å². The Bertz CT molecular complexity index is 3370. The van der Waals surface area contributed by atoms with Crippen LogP contribution in [-0.2, 0) is 21.7 Å². The van der Waals surface area contributed by atoms with Crippen molar-refractivity contribution in [3.63, 3.8) is 0 Å². The van der Waals surface area contributed by atoms with Gasteiger partial charge in [-0.25, -0.2) is 0 Å². The predicted octanol–water partition coefficient (Wildman–Crippen LogP) is 14.7. The summed E-state index contributed by atoms with van der Waals surface area (Å²) in [6.45, 7) is 19.0. The molecule has 312 valence electrons. The van der Waals surface area contributed by atoms with Crippen molar-refractivity contribution in [3.8, 4) is 11.1 Å². The van der Waals surface area contributed by atoms with Gasteiger partial charge in [-0.2, -0.15) is 0 Å². The minimum absolute atomic E-state index is 0.0239. The summed E-state index contributed by atoms with van der Waals surface area (Å²) < 4.78 is 29.9. The lowest BCUT2D eigenvalue weighted by Crippen LogP contribution is -2.61. The monoisotopic (exact) mass is 839 g/mol. The smallest absolute Gasteiger partial charge is 0.252 e. The highest BCUT2D eigenvalue weighted by Gasteiger charge is 2.49. The van der Waals surface area contributed by atoms with Gasteiger partial charge in [0, 0.05) is 52.7 Å². The van der Waals surface area contributed by atoms with Crippen LogP contribution in [0.25, 0.3) is 31.3 Å². The molecule has 4 heteroatoms. The Kier molecular flexibility index (Phi) is 7.40. The third-order valence-electron chi connectivity index (χ3n) is 15.7. The van der Waals surface area contributed by atoms with Crippen molar-refractivity contribution in [2.45, 2.75) is 110 Å². The van der Waals surface area contributed by atoms with Gasteiger partial charge in [-0.05, 0) is 164 Å². The zero-order valence-corrected chi connectivity index (χ0v) is 38.9. The van der Waals surface area contributed by atoms with Crippen molar-refractivity contribution in [1.82, 2.24) is 0 Å². The summed E-state index contributed by atoms with van der Waals surface area (Å²) in [5.41, 5.74) is 19.4. The molecule has 0 saturated heterocycles. The lowest BCUT2D eigenvalue weighted by molar-refractivity contribution is 0.332. The van der Waals surface area contributed by atoms with E-state index >= 15 is 0 Å². The Labute approximate surface area is 382 Å². The molecule has 63 heavy (non-hydrogen) atoms. The number of nitrogens with zero attached hydrogens (tertiary/aromatic N) is 2. The first-order valence-electron chi connectivity index (χ1n) is 24.5. The largest absolute Gasteiger partial charge is 0.311 e. The summed E-state index contributed by atoms with van der Waals surface area (Å²) in [6.07, 6.45) is 3.29. The lowest BCUT2D eigenvalue weighted by atomic mass is 9.33. The molecule has 0 N–H and O–H groups in total. The van der Waals surface area contributed by atoms with Gasteiger partial charge >= 0.3 is 0 Å². The molecular weight excluding hydrogens is 780 g/mol. The normalized spacial score (nSPS) is 19.1. The van der Waals surface area contributed by atoms with Crippen molar-refractivity contribution in [2.24, 2.45) is 0 Å². The highest BCUT2D eigenvalue weighted by Crippen LogP contribution is 2.55. The van der Waals surface area contributed by atoms with Crippen molar-refractivity contribution >= 4 is 88.7 Å². The van der Waals surface area contributed by atoms with E-state index in [4.69, 9.17) is 4.11 Å². The molecule has 2 aliphatic carbocycles. The molecule has 2 nitrogen and oxygen atoms in total. The first-order valence-corrected chi connectivity index (χ1v) is 23.8. The highest BCUT2D eigenvalue weighted by atomic mass is 32.1. The molecule has 1 aromatic heterocycles. The molecule has 4 aliphatic rings. The summed E-state index contributed by atoms with van der Waals surface area (Å²) in [6, 6.07) is 47.2. The minimum Gasteiger partial charge on any atom is -0.311 e. The van der Waals surface area contributed by atoms with E-state index in [0.717, 1.165) is 58.8 Å². The molecule has 0 saturated carbocycles. The van der Waals surface area contributed by atoms with Crippen LogP contribution in [0.2, 0.25) is 0 Å². The van der Waals surface area contributed by atoms with Crippen LogP contribution in [0.1, 0.15) is 112 Å². The van der Waals surface area contributed by atoms with Gasteiger partial charge in [0.15, 0.2) is 0 Å². The van der Waals surface area contributed by atoms with Crippen LogP contribution in [0.15, 0.2) is 127 Å². The molecule has 2 aliphatic heterocycles. The Morgan fingerprint density at radius 1 is 0.508 bits per heavy atom. The topological polar surface area (TPSA) is 6.48 Å². The van der Waals surface area contributed by atoms with Crippen molar-refractivity contribution in [2.75, 3.05) is 9.80 Å². The van der Waals surface area contributed by atoms with Crippen molar-refractivity contribution < 1.29 is 4.11 Å². The number of thiophene rings is 1. The Morgan fingerprint density at radius 2 is 1.11 bits per heavy atom. The molecule has 0 atom stereocenters. The zero-order valence-electron chi connectivity index (χ0n) is 41.1. The third-order valence-corrected chi connectivity index (χ3v) is 16.8. The maximum absolute atomic E-state index is 9.16. The second-order valence-electron chi connectivity index (χ2n) is 21.8. The van der Waals surface area contributed by atoms with Crippen LogP contribution in [0.3, 0.4) is 0 Å². The van der Waals surface area contributed by atoms with E-state index in [1.165, 1.54) is 70.0 Å². The fourth-order valence-corrected chi connectivity index (χ4v) is 13.8. The zero-order chi connectivity index (χ0) is 46.0. The van der Waals surface area contributed by atoms with Crippen LogP contribution < -0.4 is 26.2 Å². The second kappa shape index (κ2) is 13.0. The van der Waals surface area contributed by atoms with Gasteiger partial charge in [0.1, 0.15) is 0 Å². The lowest BCUT2D eigenvalue weighted by Gasteiger charge is -2.46. The number of hydrogen-bond acceptors (Lipinski definition) is 3. The summed E-state index contributed by atoms with van der Waals surface area (Å²) in [5.74, 6) is 0. The summed E-state index contributed by atoms with van der Waals surface area (Å²) in [7, 11) is 0. The van der Waals surface area contributed by atoms with Gasteiger partial charge < -0.3 is 9.80 Å². The van der Waals surface area contributed by atoms with Crippen LogP contribution in [0.4, 0.5) is 34.1 Å². The maximum Gasteiger partial charge on any atom is 0.252 e. The van der Waals surface area contributed by atoms with Crippen LogP contribution in [0.5, 0.6) is 0 Å². The Hall–Kier alpha value is -5.58. The number of anilines is 6. The van der Waals surface area contributed by atoms with Gasteiger partial charge in [0.05, 0.1) is 5.69 Å². The number of aryl methyl sites for hydroxylation is 2. The number of hydrogen-bond donors (Lipinski definition) is 0. The van der Waals surface area contributed by atoms with E-state index < -0.39 is 6.85 Å². The van der Waals surface area contributed by atoms with Gasteiger partial charge in [-0.1, -0.05) is 134 Å². The Morgan fingerprint density at radius 3 is 1.84 bits per heavy atom. The van der Waals surface area contributed by atoms with Gasteiger partial charge in [-0.15, -0.1) is 11.3 Å². The first-order chi connectivity index (χ1) is 31.2. The summed E-state index contributed by atoms with van der Waals surface area (Å²) >= 11 is 1.82. The van der Waals surface area contributed by atoms with Crippen LogP contribution >= 0.6 is 11.3 Å². The highest BCUT2D eigenvalue weighted by molar-refractivity contribution is 7.26. The van der Waals surface area contributed by atoms with E-state index in [1.807, 2.05) is 23.5 Å². The molecule has 0 bridgehead atoms. The van der Waals surface area contributed by atoms with Gasteiger partial charge in [-0.3, -0.25) is 0 Å². The third kappa shape index (κ3) is 5.56. The molecule has 7 aromatic carbocycles. The molecule has 0 fully saturated rings. The van der Waals surface area contributed by atoms with Gasteiger partial charge in [0.2, 0.25) is 0 Å². The molecule has 8 aromatic rings. The standard InChI is InChI=1S/C59H57BN2S/c1-35-27-50-55-51(28-35)62(48-32-42-40(29-36(48)2)56(3,4)25-26-57(42,5)6)49-33-43-41(58(7,8)34-59(43,9)10)31-45(49)60(55)44-30-38(37-17-12-11-13-18-37)23-24-46(44)61(50)47-20-16-22-53-54(47)39-19-14-15-21-52(39)63-53/h11-24,27-33H,25-26,34H2,1-10H3/i1D3. The average Bonchev–Trinajstić information content (AvgIpc) is 3.74. The number of rotatable bonds is 3. The number of fused-ring (bicyclic) bond motifs is 9. The molecule has 0 radical (unpaired) electrons. The molecular formula is C59H57BN2S. The van der Waals surface area contributed by atoms with Crippen molar-refractivity contribution in [1.29, 1.82) is 0 Å². The van der Waals surface area contributed by atoms with E-state index in [9.17, 15) is 0 Å². The fourth-order valence-electron chi connectivity index (χ4n) is 12.7. The molecule has 12 rings (SSSR count). The average molecular weight is 840 g/mol. The Balaban J connectivity index is 1.25. The molecule has 0 amide bonds. The maximum atomic E-state index is 9.16. The van der Waals surface area contributed by atoms with Crippen molar-refractivity contribution in [3.05, 3.63) is 161 Å². The van der Waals surface area contributed by atoms with E-state index in [1.54, 1.807) is 0 Å². The quantitative estimate of drug-likeness (QED) is 0.164. The summed E-state index contributed by atoms with van der Waals surface area (Å²) in [5, 5.41) is 2.40. The van der Waals surface area contributed by atoms with E-state index in [2.05, 4.69) is 187 Å². The summed E-state index contributed by atoms with van der Waals surface area (Å²) in [4.78, 5) is 4.92. The second-order valence-corrected chi connectivity index (χ2v) is 22.9. The fraction of sp³-hybridized carbons (Fsp3) is 0.288. The SMILES string of the molecule is [2H]C([2H])([2H])c1cc2c3c(c1)N(c1cccc4sc5ccccc5c14)c1ccc(-c4ccccc4)cc1B3c1cc3c(cc1N2c1cc2c(cc1C)C(C)(C)CCC2(C)C)C(C)(C)CC3(C)C. The van der Waals surface area contributed by atoms with Crippen LogP contribution in [0, 0.1) is 13.8 Å². The van der Waals surface area contributed by atoms with E-state index in [0.29, 0.717) is 5.56 Å². The predicted molar refractivity (Wildman–Crippen MR) is 274 cm³/mol. The van der Waals surface area contributed by atoms with Gasteiger partial charge in [0.25, 0.3) is 6.71 Å². The number of benzene rings is 7. The molecule has 0 spiro atoms. The minimum atomic E-state index is -2.36. The molecule has 0 unspecified atom stereocenters. The molecule has 3 heterocycles. The first kappa shape index (κ1) is 35.8.